The van der Waals surface area contributed by atoms with Gasteiger partial charge in [-0.15, -0.1) is 0 Å². The molecule has 4 atom stereocenters. The van der Waals surface area contributed by atoms with Gasteiger partial charge in [0.05, 0.1) is 6.54 Å². The van der Waals surface area contributed by atoms with Gasteiger partial charge < -0.3 is 9.80 Å². The van der Waals surface area contributed by atoms with E-state index >= 15 is 0 Å². The topological polar surface area (TPSA) is 59.1 Å². The highest BCUT2D eigenvalue weighted by molar-refractivity contribution is 6.00. The third kappa shape index (κ3) is 3.43. The van der Waals surface area contributed by atoms with Crippen LogP contribution in [0.4, 0.5) is 14.9 Å². The maximum absolute atomic E-state index is 13.6. The van der Waals surface area contributed by atoms with Crippen molar-refractivity contribution in [2.45, 2.75) is 38.9 Å². The molecule has 0 bridgehead atoms. The first-order chi connectivity index (χ1) is 15.3. The number of benzene rings is 2. The molecule has 0 radical (unpaired) electrons. The van der Waals surface area contributed by atoms with Gasteiger partial charge in [0, 0.05) is 25.8 Å². The Kier molecular flexibility index (Phi) is 5.14. The standard InChI is InChI=1S/C24H28FN5O2/c1-15-4-10-19(11-5-15)28-12-16(2)13-29-20-21(26-23(28)29)27(3)24(32)30(22(20)31)14-17-6-8-18(25)9-7-17/h4-11,16,20-21,23,26H,12-14H2,1-3H3. The summed E-state index contributed by atoms with van der Waals surface area (Å²) in [6, 6.07) is 13.5. The van der Waals surface area contributed by atoms with E-state index in [1.807, 2.05) is 0 Å². The van der Waals surface area contributed by atoms with E-state index in [1.165, 1.54) is 22.6 Å². The van der Waals surface area contributed by atoms with Gasteiger partial charge in [-0.05, 0) is 42.7 Å². The van der Waals surface area contributed by atoms with Crippen LogP contribution in [0.5, 0.6) is 0 Å². The quantitative estimate of drug-likeness (QED) is 0.800. The molecule has 3 amide bonds. The van der Waals surface area contributed by atoms with Gasteiger partial charge in [-0.1, -0.05) is 36.8 Å². The highest BCUT2D eigenvalue weighted by atomic mass is 19.1. The number of hydrogen-bond acceptors (Lipinski definition) is 5. The fourth-order valence-electron chi connectivity index (χ4n) is 5.07. The average molecular weight is 438 g/mol. The van der Waals surface area contributed by atoms with Gasteiger partial charge in [-0.25, -0.2) is 9.18 Å². The molecule has 1 N–H and O–H groups in total. The van der Waals surface area contributed by atoms with Crippen molar-refractivity contribution in [3.63, 3.8) is 0 Å². The number of urea groups is 1. The number of carbonyl (C=O) groups is 2. The summed E-state index contributed by atoms with van der Waals surface area (Å²) < 4.78 is 13.3. The van der Waals surface area contributed by atoms with Crippen LogP contribution in [0.25, 0.3) is 0 Å². The molecule has 0 aliphatic carbocycles. The summed E-state index contributed by atoms with van der Waals surface area (Å²) in [6.07, 6.45) is -0.573. The highest BCUT2D eigenvalue weighted by Gasteiger charge is 2.56. The molecule has 3 aliphatic rings. The Labute approximate surface area is 187 Å². The molecule has 4 unspecified atom stereocenters. The molecule has 168 valence electrons. The summed E-state index contributed by atoms with van der Waals surface area (Å²) in [6.45, 7) is 6.00. The van der Waals surface area contributed by atoms with E-state index in [0.29, 0.717) is 5.92 Å². The smallest absolute Gasteiger partial charge is 0.328 e. The van der Waals surface area contributed by atoms with Gasteiger partial charge in [0.1, 0.15) is 24.3 Å². The molecule has 0 spiro atoms. The number of amides is 3. The molecule has 0 aromatic heterocycles. The van der Waals surface area contributed by atoms with Crippen molar-refractivity contribution < 1.29 is 14.0 Å². The Bertz CT molecular complexity index is 1030. The largest absolute Gasteiger partial charge is 0.343 e. The first kappa shape index (κ1) is 20.9. The summed E-state index contributed by atoms with van der Waals surface area (Å²) in [4.78, 5) is 34.0. The van der Waals surface area contributed by atoms with Crippen molar-refractivity contribution in [2.75, 3.05) is 25.0 Å². The van der Waals surface area contributed by atoms with Crippen LogP contribution in [0.1, 0.15) is 18.1 Å². The predicted molar refractivity (Wildman–Crippen MR) is 119 cm³/mol. The molecule has 3 fully saturated rings. The van der Waals surface area contributed by atoms with Crippen molar-refractivity contribution in [3.05, 3.63) is 65.5 Å². The van der Waals surface area contributed by atoms with E-state index in [-0.39, 0.29) is 30.6 Å². The van der Waals surface area contributed by atoms with Gasteiger partial charge in [0.15, 0.2) is 0 Å². The molecular formula is C24H28FN5O2. The number of carbonyl (C=O) groups excluding carboxylic acids is 2. The maximum Gasteiger partial charge on any atom is 0.328 e. The molecule has 0 saturated carbocycles. The third-order valence-electron chi connectivity index (χ3n) is 6.70. The van der Waals surface area contributed by atoms with E-state index in [4.69, 9.17) is 0 Å². The van der Waals surface area contributed by atoms with Crippen molar-refractivity contribution in [3.8, 4) is 0 Å². The van der Waals surface area contributed by atoms with Crippen LogP contribution in [0.2, 0.25) is 0 Å². The zero-order valence-corrected chi connectivity index (χ0v) is 18.5. The minimum Gasteiger partial charge on any atom is -0.343 e. The summed E-state index contributed by atoms with van der Waals surface area (Å²) in [5.41, 5.74) is 3.00. The molecule has 7 nitrogen and oxygen atoms in total. The normalized spacial score (nSPS) is 28.2. The highest BCUT2D eigenvalue weighted by Crippen LogP contribution is 2.34. The van der Waals surface area contributed by atoms with Gasteiger partial charge in [-0.3, -0.25) is 19.9 Å². The van der Waals surface area contributed by atoms with E-state index in [1.54, 1.807) is 24.1 Å². The minimum atomic E-state index is -0.473. The van der Waals surface area contributed by atoms with E-state index < -0.39 is 12.2 Å². The SMILES string of the molecule is Cc1ccc(N2CC(C)CN3C4C(=O)N(Cc5ccc(F)cc5)C(=O)N(C)C4NC23)cc1. The van der Waals surface area contributed by atoms with Crippen molar-refractivity contribution in [2.24, 2.45) is 5.92 Å². The number of fused-ring (bicyclic) bond motifs is 3. The zero-order valence-electron chi connectivity index (χ0n) is 18.5. The molecule has 2 aromatic carbocycles. The van der Waals surface area contributed by atoms with Crippen LogP contribution in [0.3, 0.4) is 0 Å². The molecule has 32 heavy (non-hydrogen) atoms. The van der Waals surface area contributed by atoms with Crippen LogP contribution < -0.4 is 10.2 Å². The summed E-state index contributed by atoms with van der Waals surface area (Å²) in [7, 11) is 1.73. The summed E-state index contributed by atoms with van der Waals surface area (Å²) >= 11 is 0. The lowest BCUT2D eigenvalue weighted by molar-refractivity contribution is -0.139. The second-order valence-electron chi connectivity index (χ2n) is 9.16. The Morgan fingerprint density at radius 1 is 1.03 bits per heavy atom. The lowest BCUT2D eigenvalue weighted by atomic mass is 10.0. The Morgan fingerprint density at radius 3 is 2.41 bits per heavy atom. The van der Waals surface area contributed by atoms with Crippen LogP contribution in [-0.2, 0) is 11.3 Å². The van der Waals surface area contributed by atoms with E-state index in [9.17, 15) is 14.0 Å². The number of nitrogens with one attached hydrogen (secondary N) is 1. The number of nitrogens with zero attached hydrogens (tertiary/aromatic N) is 4. The molecule has 3 heterocycles. The first-order valence-electron chi connectivity index (χ1n) is 11.0. The number of halogens is 1. The number of aryl methyl sites for hydroxylation is 1. The minimum absolute atomic E-state index is 0.126. The molecular weight excluding hydrogens is 409 g/mol. The van der Waals surface area contributed by atoms with Crippen molar-refractivity contribution in [1.29, 1.82) is 0 Å². The number of imide groups is 1. The molecule has 5 rings (SSSR count). The lowest BCUT2D eigenvalue weighted by Crippen LogP contribution is -2.66. The monoisotopic (exact) mass is 437 g/mol. The number of anilines is 1. The van der Waals surface area contributed by atoms with Crippen LogP contribution in [-0.4, -0.2) is 65.3 Å². The predicted octanol–water partition coefficient (Wildman–Crippen LogP) is 2.57. The Balaban J connectivity index is 1.45. The van der Waals surface area contributed by atoms with E-state index in [0.717, 1.165) is 24.3 Å². The zero-order chi connectivity index (χ0) is 22.6. The van der Waals surface area contributed by atoms with Crippen LogP contribution in [0.15, 0.2) is 48.5 Å². The molecule has 3 saturated heterocycles. The molecule has 8 heteroatoms. The third-order valence-corrected chi connectivity index (χ3v) is 6.70. The number of likely N-dealkylation sites (N-methyl/N-ethyl adjacent to an activating group) is 1. The second kappa shape index (κ2) is 7.86. The average Bonchev–Trinajstić information content (AvgIpc) is 3.16. The van der Waals surface area contributed by atoms with Crippen LogP contribution in [0, 0.1) is 18.7 Å². The number of rotatable bonds is 3. The van der Waals surface area contributed by atoms with Gasteiger partial charge >= 0.3 is 6.03 Å². The Hall–Kier alpha value is -2.97. The first-order valence-corrected chi connectivity index (χ1v) is 11.0. The lowest BCUT2D eigenvalue weighted by Gasteiger charge is -2.46. The van der Waals surface area contributed by atoms with E-state index in [2.05, 4.69) is 53.2 Å². The fraction of sp³-hybridized carbons (Fsp3) is 0.417. The van der Waals surface area contributed by atoms with Crippen molar-refractivity contribution >= 4 is 17.6 Å². The van der Waals surface area contributed by atoms with Gasteiger partial charge in [0.2, 0.25) is 0 Å². The Morgan fingerprint density at radius 2 is 1.72 bits per heavy atom. The van der Waals surface area contributed by atoms with Crippen LogP contribution >= 0.6 is 0 Å². The maximum atomic E-state index is 13.6. The van der Waals surface area contributed by atoms with Gasteiger partial charge in [-0.2, -0.15) is 0 Å². The van der Waals surface area contributed by atoms with Crippen molar-refractivity contribution in [1.82, 2.24) is 20.0 Å². The van der Waals surface area contributed by atoms with Gasteiger partial charge in [0.25, 0.3) is 5.91 Å². The fourth-order valence-corrected chi connectivity index (χ4v) is 5.07. The summed E-state index contributed by atoms with van der Waals surface area (Å²) in [5, 5.41) is 3.54. The second-order valence-corrected chi connectivity index (χ2v) is 9.16. The molecule has 2 aromatic rings. The molecule has 3 aliphatic heterocycles. The number of hydrogen-bond donors (Lipinski definition) is 1. The summed E-state index contributed by atoms with van der Waals surface area (Å²) in [5.74, 6) is -0.201.